The lowest BCUT2D eigenvalue weighted by atomic mass is 9.81. The van der Waals surface area contributed by atoms with Crippen LogP contribution in [0.2, 0.25) is 5.02 Å². The van der Waals surface area contributed by atoms with Crippen molar-refractivity contribution in [3.63, 3.8) is 0 Å². The molecule has 13 heteroatoms. The van der Waals surface area contributed by atoms with Gasteiger partial charge in [0, 0.05) is 55.1 Å². The maximum Gasteiger partial charge on any atom is 0.305 e. The van der Waals surface area contributed by atoms with Crippen LogP contribution in [0.4, 0.5) is 0 Å². The number of fused-ring (bicyclic) bond motifs is 1. The zero-order chi connectivity index (χ0) is 35.5. The molecule has 48 heavy (non-hydrogen) atoms. The summed E-state index contributed by atoms with van der Waals surface area (Å²) in [6.07, 6.45) is 5.86. The van der Waals surface area contributed by atoms with Crippen molar-refractivity contribution < 1.29 is 32.1 Å². The number of rotatable bonds is 17. The zero-order valence-corrected chi connectivity index (χ0v) is 29.6. The lowest BCUT2D eigenvalue weighted by molar-refractivity contribution is -0.143. The first-order valence-electron chi connectivity index (χ1n) is 16.1. The lowest BCUT2D eigenvalue weighted by Crippen LogP contribution is -2.31. The number of ether oxygens (including phenoxy) is 1. The summed E-state index contributed by atoms with van der Waals surface area (Å²) in [4.78, 5) is 55.1. The minimum Gasteiger partial charge on any atom is -0.466 e. The predicted octanol–water partition coefficient (Wildman–Crippen LogP) is 5.57. The van der Waals surface area contributed by atoms with Crippen molar-refractivity contribution in [2.24, 2.45) is 0 Å². The maximum atomic E-state index is 13.4. The van der Waals surface area contributed by atoms with Gasteiger partial charge in [0.15, 0.2) is 0 Å². The normalized spacial score (nSPS) is 11.8. The maximum absolute atomic E-state index is 13.4. The summed E-state index contributed by atoms with van der Waals surface area (Å²) >= 11 is 5.93. The Kier molecular flexibility index (Phi) is 14.2. The third-order valence-electron chi connectivity index (χ3n) is 8.01. The monoisotopic (exact) mass is 703 g/mol. The van der Waals surface area contributed by atoms with Crippen LogP contribution in [-0.2, 0) is 42.8 Å². The van der Waals surface area contributed by atoms with Crippen LogP contribution >= 0.6 is 11.6 Å². The van der Waals surface area contributed by atoms with Crippen molar-refractivity contribution in [1.29, 1.82) is 0 Å². The first-order chi connectivity index (χ1) is 22.5. The van der Waals surface area contributed by atoms with Crippen LogP contribution in [0.15, 0.2) is 47.4 Å². The van der Waals surface area contributed by atoms with Gasteiger partial charge in [-0.05, 0) is 72.1 Å². The van der Waals surface area contributed by atoms with Gasteiger partial charge in [-0.25, -0.2) is 0 Å². The molecular weight excluding hydrogens is 658 g/mol. The molecule has 0 spiro atoms. The van der Waals surface area contributed by atoms with Gasteiger partial charge in [0.1, 0.15) is 5.56 Å². The van der Waals surface area contributed by atoms with E-state index in [4.69, 9.17) is 20.9 Å². The van der Waals surface area contributed by atoms with E-state index in [2.05, 4.69) is 31.1 Å². The average Bonchev–Trinajstić information content (AvgIpc) is 3.02. The summed E-state index contributed by atoms with van der Waals surface area (Å²) in [5, 5.41) is 3.81. The smallest absolute Gasteiger partial charge is 0.305 e. The predicted molar refractivity (Wildman–Crippen MR) is 187 cm³/mol. The summed E-state index contributed by atoms with van der Waals surface area (Å²) in [7, 11) is -2.62. The molecule has 262 valence electrons. The number of nitrogens with one attached hydrogen (secondary N) is 2. The fraction of sp³-hybridized carbons (Fsp3) is 0.486. The highest BCUT2D eigenvalue weighted by Crippen LogP contribution is 2.30. The Morgan fingerprint density at radius 1 is 1.00 bits per heavy atom. The minimum absolute atomic E-state index is 0.0227. The quantitative estimate of drug-likeness (QED) is 0.0934. The number of aromatic nitrogens is 1. The van der Waals surface area contributed by atoms with E-state index in [1.165, 1.54) is 18.1 Å². The number of amides is 2. The fourth-order valence-electron chi connectivity index (χ4n) is 5.25. The van der Waals surface area contributed by atoms with Gasteiger partial charge in [0.05, 0.1) is 12.4 Å². The number of hydrogen-bond donors (Lipinski definition) is 3. The summed E-state index contributed by atoms with van der Waals surface area (Å²) in [6, 6.07) is 10.9. The van der Waals surface area contributed by atoms with Crippen LogP contribution in [0, 0.1) is 0 Å². The Labute approximate surface area is 287 Å². The fourth-order valence-corrected chi connectivity index (χ4v) is 5.88. The van der Waals surface area contributed by atoms with Gasteiger partial charge in [0.25, 0.3) is 16.0 Å². The van der Waals surface area contributed by atoms with Crippen LogP contribution in [0.3, 0.4) is 0 Å². The molecule has 0 atom stereocenters. The number of unbranched alkanes of at least 4 members (excludes halogenated alkanes) is 3. The molecule has 0 saturated carbocycles. The number of nitrogens with zero attached hydrogens (tertiary/aromatic N) is 1. The highest BCUT2D eigenvalue weighted by atomic mass is 35.5. The van der Waals surface area contributed by atoms with Gasteiger partial charge >= 0.3 is 5.97 Å². The van der Waals surface area contributed by atoms with Gasteiger partial charge < -0.3 is 19.9 Å². The van der Waals surface area contributed by atoms with Gasteiger partial charge in [-0.3, -0.25) is 23.7 Å². The second-order valence-corrected chi connectivity index (χ2v) is 15.0. The molecule has 1 heterocycles. The van der Waals surface area contributed by atoms with Crippen LogP contribution in [0.1, 0.15) is 92.8 Å². The molecule has 2 amide bonds. The van der Waals surface area contributed by atoms with E-state index in [1.54, 1.807) is 12.1 Å². The number of halogens is 1. The number of H-pyrrole nitrogens is 1. The first-order valence-corrected chi connectivity index (χ1v) is 18.1. The molecular formula is C35H46ClN3O8S. The topological polar surface area (TPSA) is 163 Å². The van der Waals surface area contributed by atoms with E-state index in [-0.39, 0.29) is 60.8 Å². The highest BCUT2D eigenvalue weighted by molar-refractivity contribution is 7.85. The summed E-state index contributed by atoms with van der Waals surface area (Å²) < 4.78 is 35.9. The number of benzene rings is 2. The number of aromatic amines is 1. The number of carbonyl (C=O) groups excluding carboxylic acids is 3. The van der Waals surface area contributed by atoms with Crippen molar-refractivity contribution in [1.82, 2.24) is 15.2 Å². The SMILES string of the molecule is CN(CCS(=O)(=O)O)C(=O)CCCCCCC(=O)OCCCc1cc2c(=O)c(C(=O)NCc3ccc(Cl)cc3)c[nH]c2cc1C(C)(C)C. The van der Waals surface area contributed by atoms with E-state index in [0.29, 0.717) is 41.6 Å². The molecule has 0 fully saturated rings. The lowest BCUT2D eigenvalue weighted by Gasteiger charge is -2.24. The second-order valence-electron chi connectivity index (χ2n) is 13.0. The van der Waals surface area contributed by atoms with E-state index in [9.17, 15) is 27.6 Å². The molecule has 0 radical (unpaired) electrons. The highest BCUT2D eigenvalue weighted by Gasteiger charge is 2.21. The van der Waals surface area contributed by atoms with Gasteiger partial charge in [-0.1, -0.05) is 57.3 Å². The number of pyridine rings is 1. The molecule has 1 aromatic heterocycles. The molecule has 0 aliphatic heterocycles. The van der Waals surface area contributed by atoms with Crippen molar-refractivity contribution >= 4 is 50.4 Å². The minimum atomic E-state index is -4.11. The van der Waals surface area contributed by atoms with Crippen molar-refractivity contribution in [2.75, 3.05) is 26.0 Å². The summed E-state index contributed by atoms with van der Waals surface area (Å²) in [5.74, 6) is -1.46. The van der Waals surface area contributed by atoms with Crippen molar-refractivity contribution in [3.8, 4) is 0 Å². The Bertz CT molecular complexity index is 1750. The third-order valence-corrected chi connectivity index (χ3v) is 8.96. The van der Waals surface area contributed by atoms with E-state index in [0.717, 1.165) is 29.5 Å². The average molecular weight is 704 g/mol. The molecule has 3 aromatic rings. The number of carbonyl (C=O) groups is 3. The molecule has 2 aromatic carbocycles. The Hall–Kier alpha value is -3.74. The van der Waals surface area contributed by atoms with Gasteiger partial charge in [-0.15, -0.1) is 0 Å². The number of esters is 1. The standard InChI is InChI=1S/C35H46ClN3O8S/c1-35(2,3)29-21-30-27(33(42)28(23-37-30)34(43)38-22-24-13-15-26(36)16-14-24)20-25(29)10-9-18-47-32(41)12-8-6-5-7-11-31(40)39(4)17-19-48(44,45)46/h13-16,20-21,23H,5-12,17-19,22H2,1-4H3,(H,37,42)(H,38,43)(H,44,45,46). The van der Waals surface area contributed by atoms with E-state index < -0.39 is 21.8 Å². The zero-order valence-electron chi connectivity index (χ0n) is 28.1. The van der Waals surface area contributed by atoms with Gasteiger partial charge in [0.2, 0.25) is 11.3 Å². The van der Waals surface area contributed by atoms with E-state index in [1.807, 2.05) is 24.3 Å². The Morgan fingerprint density at radius 2 is 1.67 bits per heavy atom. The molecule has 0 unspecified atom stereocenters. The molecule has 11 nitrogen and oxygen atoms in total. The van der Waals surface area contributed by atoms with Crippen LogP contribution in [-0.4, -0.2) is 66.6 Å². The Balaban J connectivity index is 1.49. The molecule has 0 bridgehead atoms. The largest absolute Gasteiger partial charge is 0.466 e. The van der Waals surface area contributed by atoms with E-state index >= 15 is 0 Å². The van der Waals surface area contributed by atoms with Crippen molar-refractivity contribution in [2.45, 2.75) is 84.1 Å². The molecule has 0 aliphatic carbocycles. The Morgan fingerprint density at radius 3 is 2.31 bits per heavy atom. The van der Waals surface area contributed by atoms with Gasteiger partial charge in [-0.2, -0.15) is 8.42 Å². The molecule has 0 aliphatic rings. The summed E-state index contributed by atoms with van der Waals surface area (Å²) in [6.45, 7) is 6.69. The molecule has 3 N–H and O–H groups in total. The molecule has 3 rings (SSSR count). The molecule has 0 saturated heterocycles. The number of aryl methyl sites for hydroxylation is 1. The first kappa shape index (κ1) is 38.7. The number of hydrogen-bond acceptors (Lipinski definition) is 7. The van der Waals surface area contributed by atoms with Crippen LogP contribution in [0.25, 0.3) is 10.9 Å². The second kappa shape index (κ2) is 17.6. The van der Waals surface area contributed by atoms with Crippen LogP contribution < -0.4 is 10.7 Å². The van der Waals surface area contributed by atoms with Crippen molar-refractivity contribution in [3.05, 3.63) is 80.1 Å². The van der Waals surface area contributed by atoms with Crippen LogP contribution in [0.5, 0.6) is 0 Å². The third kappa shape index (κ3) is 12.4. The summed E-state index contributed by atoms with van der Waals surface area (Å²) in [5.41, 5.74) is 2.95.